The van der Waals surface area contributed by atoms with Crippen LogP contribution in [-0.4, -0.2) is 25.3 Å². The Labute approximate surface area is 141 Å². The molecule has 0 saturated heterocycles. The van der Waals surface area contributed by atoms with Gasteiger partial charge in [-0.1, -0.05) is 24.3 Å². The molecule has 3 rings (SSSR count). The van der Waals surface area contributed by atoms with E-state index in [9.17, 15) is 4.79 Å². The highest BCUT2D eigenvalue weighted by molar-refractivity contribution is 5.86. The van der Waals surface area contributed by atoms with Crippen molar-refractivity contribution in [1.82, 2.24) is 5.43 Å². The number of ether oxygens (including phenoxy) is 1. The molecule has 2 aromatic rings. The number of nitrogens with zero attached hydrogens (tertiary/aromatic N) is 1. The van der Waals surface area contributed by atoms with E-state index in [4.69, 9.17) is 4.74 Å². The fourth-order valence-corrected chi connectivity index (χ4v) is 2.72. The zero-order chi connectivity index (χ0) is 16.9. The number of fused-ring (bicyclic) bond motifs is 1. The molecule has 0 bridgehead atoms. The molecule has 1 aliphatic heterocycles. The van der Waals surface area contributed by atoms with Gasteiger partial charge >= 0.3 is 0 Å². The minimum absolute atomic E-state index is 0.0594. The Bertz CT molecular complexity index is 784. The first-order valence-corrected chi connectivity index (χ1v) is 8.02. The van der Waals surface area contributed by atoms with Gasteiger partial charge in [0.15, 0.2) is 6.61 Å². The van der Waals surface area contributed by atoms with Gasteiger partial charge in [0.05, 0.1) is 6.21 Å². The molecule has 0 saturated carbocycles. The molecular formula is C19H21N3O2. The molecule has 5 nitrogen and oxygen atoms in total. The van der Waals surface area contributed by atoms with Crippen LogP contribution in [0, 0.1) is 13.8 Å². The van der Waals surface area contributed by atoms with Crippen molar-refractivity contribution >= 4 is 17.8 Å². The predicted molar refractivity (Wildman–Crippen MR) is 95.8 cm³/mol. The number of rotatable bonds is 5. The summed E-state index contributed by atoms with van der Waals surface area (Å²) in [4.78, 5) is 11.9. The minimum Gasteiger partial charge on any atom is -0.483 e. The van der Waals surface area contributed by atoms with Crippen LogP contribution in [-0.2, 0) is 11.2 Å². The number of hydrogen-bond acceptors (Lipinski definition) is 4. The predicted octanol–water partition coefficient (Wildman–Crippen LogP) is 2.80. The standard InChI is InChI=1S/C19H21N3O2/c1-13-5-3-8-18(14(13)2)24-12-19(23)22-21-11-15-6-4-7-17-16(15)9-10-20-17/h3-8,11,20H,9-10,12H2,1-2H3,(H,22,23)/b21-11+. The van der Waals surface area contributed by atoms with E-state index < -0.39 is 0 Å². The first-order valence-electron chi connectivity index (χ1n) is 8.02. The van der Waals surface area contributed by atoms with E-state index in [1.54, 1.807) is 6.21 Å². The molecule has 1 heterocycles. The van der Waals surface area contributed by atoms with E-state index >= 15 is 0 Å². The second-order valence-electron chi connectivity index (χ2n) is 5.83. The molecule has 0 radical (unpaired) electrons. The van der Waals surface area contributed by atoms with Gasteiger partial charge in [-0.05, 0) is 54.7 Å². The molecule has 2 N–H and O–H groups in total. The van der Waals surface area contributed by atoms with Crippen molar-refractivity contribution in [3.8, 4) is 5.75 Å². The zero-order valence-electron chi connectivity index (χ0n) is 13.9. The Kier molecular flexibility index (Phi) is 4.79. The molecule has 0 aliphatic carbocycles. The van der Waals surface area contributed by atoms with Crippen LogP contribution in [0.2, 0.25) is 0 Å². The van der Waals surface area contributed by atoms with Crippen molar-refractivity contribution in [2.75, 3.05) is 18.5 Å². The van der Waals surface area contributed by atoms with Crippen LogP contribution in [0.1, 0.15) is 22.3 Å². The van der Waals surface area contributed by atoms with E-state index in [0.29, 0.717) is 0 Å². The maximum Gasteiger partial charge on any atom is 0.277 e. The third-order valence-electron chi connectivity index (χ3n) is 4.21. The highest BCUT2D eigenvalue weighted by Gasteiger charge is 2.12. The fraction of sp³-hybridized carbons (Fsp3) is 0.263. The van der Waals surface area contributed by atoms with Crippen LogP contribution in [0.5, 0.6) is 5.75 Å². The molecule has 5 heteroatoms. The molecule has 124 valence electrons. The minimum atomic E-state index is -0.280. The lowest BCUT2D eigenvalue weighted by molar-refractivity contribution is -0.123. The molecule has 0 spiro atoms. The number of carbonyl (C=O) groups excluding carboxylic acids is 1. The number of hydrogen-bond donors (Lipinski definition) is 2. The van der Waals surface area contributed by atoms with Crippen LogP contribution < -0.4 is 15.5 Å². The molecular weight excluding hydrogens is 302 g/mol. The van der Waals surface area contributed by atoms with E-state index in [2.05, 4.69) is 21.9 Å². The lowest BCUT2D eigenvalue weighted by Gasteiger charge is -2.09. The number of nitrogens with one attached hydrogen (secondary N) is 2. The van der Waals surface area contributed by atoms with Crippen molar-refractivity contribution in [2.24, 2.45) is 5.10 Å². The van der Waals surface area contributed by atoms with E-state index in [1.165, 1.54) is 5.56 Å². The maximum absolute atomic E-state index is 11.9. The average Bonchev–Trinajstić information content (AvgIpc) is 3.06. The van der Waals surface area contributed by atoms with Crippen LogP contribution in [0.3, 0.4) is 0 Å². The van der Waals surface area contributed by atoms with Crippen molar-refractivity contribution in [3.63, 3.8) is 0 Å². The van der Waals surface area contributed by atoms with Crippen LogP contribution in [0.25, 0.3) is 0 Å². The largest absolute Gasteiger partial charge is 0.483 e. The van der Waals surface area contributed by atoms with Gasteiger partial charge < -0.3 is 10.1 Å². The highest BCUT2D eigenvalue weighted by Crippen LogP contribution is 2.24. The Morgan fingerprint density at radius 1 is 1.29 bits per heavy atom. The maximum atomic E-state index is 11.9. The lowest BCUT2D eigenvalue weighted by atomic mass is 10.1. The number of anilines is 1. The highest BCUT2D eigenvalue weighted by atomic mass is 16.5. The average molecular weight is 323 g/mol. The summed E-state index contributed by atoms with van der Waals surface area (Å²) in [5.74, 6) is 0.443. The number of aryl methyl sites for hydroxylation is 1. The first-order chi connectivity index (χ1) is 11.6. The van der Waals surface area contributed by atoms with Gasteiger partial charge in [-0.15, -0.1) is 0 Å². The summed E-state index contributed by atoms with van der Waals surface area (Å²) < 4.78 is 5.56. The normalized spacial score (nSPS) is 12.8. The third-order valence-corrected chi connectivity index (χ3v) is 4.21. The SMILES string of the molecule is Cc1cccc(OCC(=O)N/N=C/c2cccc3c2CCN3)c1C. The third kappa shape index (κ3) is 3.56. The van der Waals surface area contributed by atoms with Gasteiger partial charge in [-0.25, -0.2) is 5.43 Å². The van der Waals surface area contributed by atoms with Crippen molar-refractivity contribution in [1.29, 1.82) is 0 Å². The lowest BCUT2D eigenvalue weighted by Crippen LogP contribution is -2.24. The first kappa shape index (κ1) is 16.1. The molecule has 1 aliphatic rings. The molecule has 24 heavy (non-hydrogen) atoms. The summed E-state index contributed by atoms with van der Waals surface area (Å²) in [5, 5.41) is 7.36. The molecule has 1 amide bonds. The number of amides is 1. The second kappa shape index (κ2) is 7.17. The molecule has 0 atom stereocenters. The number of benzene rings is 2. The summed E-state index contributed by atoms with van der Waals surface area (Å²) in [6, 6.07) is 11.8. The van der Waals surface area contributed by atoms with E-state index in [-0.39, 0.29) is 12.5 Å². The molecule has 0 fully saturated rings. The van der Waals surface area contributed by atoms with Gasteiger partial charge in [0.1, 0.15) is 5.75 Å². The van der Waals surface area contributed by atoms with Gasteiger partial charge in [0.25, 0.3) is 5.91 Å². The monoisotopic (exact) mass is 323 g/mol. The fourth-order valence-electron chi connectivity index (χ4n) is 2.72. The Morgan fingerprint density at radius 2 is 2.12 bits per heavy atom. The molecule has 0 unspecified atom stereocenters. The second-order valence-corrected chi connectivity index (χ2v) is 5.83. The molecule has 0 aromatic heterocycles. The summed E-state index contributed by atoms with van der Waals surface area (Å²) in [5.41, 5.74) is 8.09. The van der Waals surface area contributed by atoms with Crippen LogP contribution in [0.4, 0.5) is 5.69 Å². The topological polar surface area (TPSA) is 62.7 Å². The smallest absolute Gasteiger partial charge is 0.277 e. The van der Waals surface area contributed by atoms with Gasteiger partial charge in [0, 0.05) is 12.2 Å². The van der Waals surface area contributed by atoms with E-state index in [1.807, 2.05) is 44.2 Å². The van der Waals surface area contributed by atoms with Crippen molar-refractivity contribution < 1.29 is 9.53 Å². The van der Waals surface area contributed by atoms with E-state index in [0.717, 1.165) is 41.1 Å². The van der Waals surface area contributed by atoms with Gasteiger partial charge in [0.2, 0.25) is 0 Å². The Morgan fingerprint density at radius 3 is 3.00 bits per heavy atom. The zero-order valence-corrected chi connectivity index (χ0v) is 13.9. The van der Waals surface area contributed by atoms with Gasteiger partial charge in [-0.2, -0.15) is 5.10 Å². The Balaban J connectivity index is 1.54. The summed E-state index contributed by atoms with van der Waals surface area (Å²) in [6.07, 6.45) is 2.66. The quantitative estimate of drug-likeness (QED) is 0.657. The number of hydrazone groups is 1. The summed E-state index contributed by atoms with van der Waals surface area (Å²) in [6.45, 7) is 4.87. The Hall–Kier alpha value is -2.82. The number of carbonyl (C=O) groups is 1. The van der Waals surface area contributed by atoms with Crippen molar-refractivity contribution in [2.45, 2.75) is 20.3 Å². The van der Waals surface area contributed by atoms with Gasteiger partial charge in [-0.3, -0.25) is 4.79 Å². The van der Waals surface area contributed by atoms with Crippen molar-refractivity contribution in [3.05, 3.63) is 58.7 Å². The van der Waals surface area contributed by atoms with Crippen LogP contribution >= 0.6 is 0 Å². The summed E-state index contributed by atoms with van der Waals surface area (Å²) in [7, 11) is 0. The molecule has 2 aromatic carbocycles. The van der Waals surface area contributed by atoms with Crippen LogP contribution in [0.15, 0.2) is 41.5 Å². The summed E-state index contributed by atoms with van der Waals surface area (Å²) >= 11 is 0.